The van der Waals surface area contributed by atoms with Crippen LogP contribution in [0.5, 0.6) is 0 Å². The van der Waals surface area contributed by atoms with Gasteiger partial charge >= 0.3 is 0 Å². The maximum Gasteiger partial charge on any atom is 0.0505 e. The van der Waals surface area contributed by atoms with Gasteiger partial charge in [-0.05, 0) is 18.2 Å². The first-order valence-corrected chi connectivity index (χ1v) is 5.87. The van der Waals surface area contributed by atoms with E-state index in [1.807, 2.05) is 42.5 Å². The van der Waals surface area contributed by atoms with E-state index in [1.54, 1.807) is 0 Å². The van der Waals surface area contributed by atoms with Gasteiger partial charge in [-0.15, -0.1) is 0 Å². The number of thiol groups is 1. The van der Waals surface area contributed by atoms with Crippen LogP contribution in [-0.2, 0) is 0 Å². The lowest BCUT2D eigenvalue weighted by Gasteiger charge is -2.08. The predicted octanol–water partition coefficient (Wildman–Crippen LogP) is 4.92. The second kappa shape index (κ2) is 5.00. The molecule has 0 aromatic heterocycles. The second-order valence-corrected chi connectivity index (χ2v) is 4.32. The summed E-state index contributed by atoms with van der Waals surface area (Å²) in [6.07, 6.45) is 0. The SMILES string of the molecule is SNc1ccc(-c2ccccc2Cl)c(Cl)c1. The highest BCUT2D eigenvalue weighted by Gasteiger charge is 2.07. The normalized spacial score (nSPS) is 10.2. The second-order valence-electron chi connectivity index (χ2n) is 3.29. The Morgan fingerprint density at radius 1 is 0.875 bits per heavy atom. The van der Waals surface area contributed by atoms with Gasteiger partial charge in [0.25, 0.3) is 0 Å². The molecule has 0 spiro atoms. The van der Waals surface area contributed by atoms with Gasteiger partial charge in [0.1, 0.15) is 0 Å². The van der Waals surface area contributed by atoms with Gasteiger partial charge in [0.05, 0.1) is 5.02 Å². The van der Waals surface area contributed by atoms with Gasteiger partial charge in [-0.3, -0.25) is 0 Å². The lowest BCUT2D eigenvalue weighted by atomic mass is 10.1. The average Bonchev–Trinajstić information content (AvgIpc) is 2.30. The zero-order chi connectivity index (χ0) is 11.5. The molecule has 0 bridgehead atoms. The molecular formula is C12H9Cl2NS. The van der Waals surface area contributed by atoms with Crippen molar-refractivity contribution in [2.45, 2.75) is 0 Å². The largest absolute Gasteiger partial charge is 0.332 e. The first-order chi connectivity index (χ1) is 7.72. The fraction of sp³-hybridized carbons (Fsp3) is 0. The summed E-state index contributed by atoms with van der Waals surface area (Å²) in [5, 5.41) is 1.34. The Morgan fingerprint density at radius 3 is 2.19 bits per heavy atom. The van der Waals surface area contributed by atoms with Crippen LogP contribution >= 0.6 is 36.0 Å². The van der Waals surface area contributed by atoms with Crippen LogP contribution in [-0.4, -0.2) is 0 Å². The number of benzene rings is 2. The van der Waals surface area contributed by atoms with Gasteiger partial charge in [0.15, 0.2) is 0 Å². The fourth-order valence-electron chi connectivity index (χ4n) is 1.48. The number of hydrogen-bond donors (Lipinski definition) is 2. The van der Waals surface area contributed by atoms with Crippen LogP contribution < -0.4 is 4.72 Å². The number of hydrogen-bond acceptors (Lipinski definition) is 2. The van der Waals surface area contributed by atoms with Gasteiger partial charge in [0.2, 0.25) is 0 Å². The van der Waals surface area contributed by atoms with Gasteiger partial charge < -0.3 is 4.72 Å². The standard InChI is InChI=1S/C12H9Cl2NS/c13-11-4-2-1-3-9(11)10-6-5-8(15-16)7-12(10)14/h1-7,15-16H. The van der Waals surface area contributed by atoms with Crippen molar-refractivity contribution in [1.29, 1.82) is 0 Å². The Kier molecular flexibility index (Phi) is 3.64. The van der Waals surface area contributed by atoms with E-state index in [0.29, 0.717) is 10.0 Å². The highest BCUT2D eigenvalue weighted by Crippen LogP contribution is 2.34. The highest BCUT2D eigenvalue weighted by molar-refractivity contribution is 7.81. The minimum absolute atomic E-state index is 0.646. The van der Waals surface area contributed by atoms with E-state index in [9.17, 15) is 0 Å². The molecule has 0 saturated heterocycles. The van der Waals surface area contributed by atoms with Crippen LogP contribution in [0.3, 0.4) is 0 Å². The fourth-order valence-corrected chi connectivity index (χ4v) is 2.14. The summed E-state index contributed by atoms with van der Waals surface area (Å²) in [5.74, 6) is 0. The number of halogens is 2. The van der Waals surface area contributed by atoms with Crippen molar-refractivity contribution < 1.29 is 0 Å². The van der Waals surface area contributed by atoms with Crippen molar-refractivity contribution in [2.75, 3.05) is 4.72 Å². The molecule has 1 nitrogen and oxygen atoms in total. The summed E-state index contributed by atoms with van der Waals surface area (Å²) >= 11 is 16.3. The topological polar surface area (TPSA) is 12.0 Å². The Morgan fingerprint density at radius 2 is 1.56 bits per heavy atom. The molecule has 0 heterocycles. The molecule has 0 aliphatic rings. The van der Waals surface area contributed by atoms with Crippen LogP contribution in [0.2, 0.25) is 10.0 Å². The third kappa shape index (κ3) is 2.29. The van der Waals surface area contributed by atoms with Gasteiger partial charge in [-0.2, -0.15) is 0 Å². The molecule has 0 aliphatic carbocycles. The molecule has 0 amide bonds. The number of anilines is 1. The van der Waals surface area contributed by atoms with Gasteiger partial charge in [-0.25, -0.2) is 0 Å². The van der Waals surface area contributed by atoms with Crippen molar-refractivity contribution in [3.8, 4) is 11.1 Å². The Bertz CT molecular complexity index is 514. The molecule has 2 aromatic rings. The maximum atomic E-state index is 6.18. The van der Waals surface area contributed by atoms with Crippen LogP contribution in [0.4, 0.5) is 5.69 Å². The van der Waals surface area contributed by atoms with E-state index in [2.05, 4.69) is 17.5 Å². The predicted molar refractivity (Wildman–Crippen MR) is 74.5 cm³/mol. The maximum absolute atomic E-state index is 6.18. The Balaban J connectivity index is 2.53. The molecule has 0 saturated carbocycles. The lowest BCUT2D eigenvalue weighted by Crippen LogP contribution is -1.84. The minimum atomic E-state index is 0.646. The minimum Gasteiger partial charge on any atom is -0.332 e. The molecule has 4 heteroatoms. The zero-order valence-corrected chi connectivity index (χ0v) is 10.7. The zero-order valence-electron chi connectivity index (χ0n) is 8.24. The van der Waals surface area contributed by atoms with Crippen molar-refractivity contribution in [3.05, 3.63) is 52.5 Å². The molecular weight excluding hydrogens is 261 g/mol. The molecule has 2 rings (SSSR count). The molecule has 0 unspecified atom stereocenters. The smallest absolute Gasteiger partial charge is 0.0505 e. The summed E-state index contributed by atoms with van der Waals surface area (Å²) in [7, 11) is 0. The van der Waals surface area contributed by atoms with E-state index in [0.717, 1.165) is 16.8 Å². The highest BCUT2D eigenvalue weighted by atomic mass is 35.5. The molecule has 0 fully saturated rings. The molecule has 0 atom stereocenters. The van der Waals surface area contributed by atoms with Gasteiger partial charge in [0, 0.05) is 21.8 Å². The van der Waals surface area contributed by atoms with Crippen molar-refractivity contribution in [3.63, 3.8) is 0 Å². The van der Waals surface area contributed by atoms with E-state index in [1.165, 1.54) is 0 Å². The molecule has 82 valence electrons. The molecule has 2 aromatic carbocycles. The molecule has 1 N–H and O–H groups in total. The van der Waals surface area contributed by atoms with Crippen molar-refractivity contribution in [1.82, 2.24) is 0 Å². The summed E-state index contributed by atoms with van der Waals surface area (Å²) in [5.41, 5.74) is 2.70. The molecule has 16 heavy (non-hydrogen) atoms. The Hall–Kier alpha value is -0.830. The quantitative estimate of drug-likeness (QED) is 0.738. The van der Waals surface area contributed by atoms with E-state index >= 15 is 0 Å². The van der Waals surface area contributed by atoms with Crippen LogP contribution in [0.15, 0.2) is 42.5 Å². The Labute approximate surface area is 110 Å². The first-order valence-electron chi connectivity index (χ1n) is 4.67. The summed E-state index contributed by atoms with van der Waals surface area (Å²) in [6.45, 7) is 0. The third-order valence-corrected chi connectivity index (χ3v) is 3.16. The number of nitrogens with one attached hydrogen (secondary N) is 1. The van der Waals surface area contributed by atoms with E-state index in [4.69, 9.17) is 23.2 Å². The monoisotopic (exact) mass is 269 g/mol. The van der Waals surface area contributed by atoms with Gasteiger partial charge in [-0.1, -0.05) is 60.3 Å². The number of rotatable bonds is 2. The van der Waals surface area contributed by atoms with Crippen LogP contribution in [0.25, 0.3) is 11.1 Å². The molecule has 0 aliphatic heterocycles. The lowest BCUT2D eigenvalue weighted by molar-refractivity contribution is 1.61. The summed E-state index contributed by atoms with van der Waals surface area (Å²) < 4.78 is 2.74. The average molecular weight is 270 g/mol. The van der Waals surface area contributed by atoms with Crippen LogP contribution in [0.1, 0.15) is 0 Å². The molecule has 0 radical (unpaired) electrons. The van der Waals surface area contributed by atoms with E-state index in [-0.39, 0.29) is 0 Å². The van der Waals surface area contributed by atoms with E-state index < -0.39 is 0 Å². The third-order valence-electron chi connectivity index (χ3n) is 2.26. The van der Waals surface area contributed by atoms with Crippen molar-refractivity contribution >= 4 is 41.7 Å². The van der Waals surface area contributed by atoms with Crippen LogP contribution in [0, 0.1) is 0 Å². The van der Waals surface area contributed by atoms with Crippen molar-refractivity contribution in [2.24, 2.45) is 0 Å². The first kappa shape index (κ1) is 11.6. The summed E-state index contributed by atoms with van der Waals surface area (Å²) in [6, 6.07) is 13.2. The summed E-state index contributed by atoms with van der Waals surface area (Å²) in [4.78, 5) is 0.